The van der Waals surface area contributed by atoms with Gasteiger partial charge in [-0.05, 0) is 20.3 Å². The number of hydrogen-bond acceptors (Lipinski definition) is 4. The zero-order chi connectivity index (χ0) is 11.3. The Morgan fingerprint density at radius 1 is 1.53 bits per heavy atom. The first-order chi connectivity index (χ1) is 7.06. The fourth-order valence-corrected chi connectivity index (χ4v) is 1.42. The molecule has 88 valence electrons. The maximum absolute atomic E-state index is 11.2. The normalized spacial score (nSPS) is 24.9. The molecule has 0 spiro atoms. The second-order valence-corrected chi connectivity index (χ2v) is 4.37. The molecule has 0 aromatic heterocycles. The van der Waals surface area contributed by atoms with Gasteiger partial charge in [0.05, 0.1) is 18.8 Å². The van der Waals surface area contributed by atoms with Gasteiger partial charge in [0.25, 0.3) is 0 Å². The number of carbonyl (C=O) groups is 1. The SMILES string of the molecule is CCCC(=O)OC[C@H]1COCOC1(C)C. The summed E-state index contributed by atoms with van der Waals surface area (Å²) in [5.74, 6) is -0.0223. The molecule has 0 bridgehead atoms. The summed E-state index contributed by atoms with van der Waals surface area (Å²) in [6, 6.07) is 0. The zero-order valence-corrected chi connectivity index (χ0v) is 9.75. The first-order valence-corrected chi connectivity index (χ1v) is 5.43. The van der Waals surface area contributed by atoms with Gasteiger partial charge in [0.1, 0.15) is 6.79 Å². The number of rotatable bonds is 4. The van der Waals surface area contributed by atoms with Gasteiger partial charge in [-0.2, -0.15) is 0 Å². The van der Waals surface area contributed by atoms with Gasteiger partial charge in [0, 0.05) is 12.3 Å². The third kappa shape index (κ3) is 3.80. The summed E-state index contributed by atoms with van der Waals surface area (Å²) in [6.45, 7) is 7.24. The lowest BCUT2D eigenvalue weighted by Gasteiger charge is -2.37. The molecule has 4 nitrogen and oxygen atoms in total. The maximum atomic E-state index is 11.2. The highest BCUT2D eigenvalue weighted by Gasteiger charge is 2.34. The van der Waals surface area contributed by atoms with Crippen LogP contribution in [0, 0.1) is 5.92 Å². The highest BCUT2D eigenvalue weighted by Crippen LogP contribution is 2.26. The molecule has 4 heteroatoms. The standard InChI is InChI=1S/C11H20O4/c1-4-5-10(12)14-7-9-6-13-8-15-11(9,2)3/h9H,4-8H2,1-3H3/t9-/m1/s1. The molecular formula is C11H20O4. The topological polar surface area (TPSA) is 44.8 Å². The van der Waals surface area contributed by atoms with Crippen LogP contribution in [-0.2, 0) is 19.0 Å². The molecule has 0 aliphatic carbocycles. The molecule has 0 N–H and O–H groups in total. The summed E-state index contributed by atoms with van der Waals surface area (Å²) >= 11 is 0. The molecule has 1 fully saturated rings. The maximum Gasteiger partial charge on any atom is 0.305 e. The molecule has 15 heavy (non-hydrogen) atoms. The molecule has 1 aliphatic heterocycles. The van der Waals surface area contributed by atoms with E-state index in [1.54, 1.807) is 0 Å². The molecule has 0 aromatic rings. The van der Waals surface area contributed by atoms with Crippen LogP contribution in [0.3, 0.4) is 0 Å². The summed E-state index contributed by atoms with van der Waals surface area (Å²) in [7, 11) is 0. The number of esters is 1. The number of hydrogen-bond donors (Lipinski definition) is 0. The molecule has 0 radical (unpaired) electrons. The van der Waals surface area contributed by atoms with Crippen LogP contribution >= 0.6 is 0 Å². The molecule has 0 amide bonds. The summed E-state index contributed by atoms with van der Waals surface area (Å²) in [5.41, 5.74) is -0.273. The largest absolute Gasteiger partial charge is 0.465 e. The van der Waals surface area contributed by atoms with Gasteiger partial charge in [0.2, 0.25) is 0 Å². The van der Waals surface area contributed by atoms with E-state index in [0.717, 1.165) is 6.42 Å². The van der Waals surface area contributed by atoms with Gasteiger partial charge >= 0.3 is 5.97 Å². The predicted octanol–water partition coefficient (Wildman–Crippen LogP) is 1.73. The summed E-state index contributed by atoms with van der Waals surface area (Å²) in [6.07, 6.45) is 1.30. The van der Waals surface area contributed by atoms with E-state index < -0.39 is 0 Å². The van der Waals surface area contributed by atoms with Gasteiger partial charge in [-0.1, -0.05) is 6.92 Å². The van der Waals surface area contributed by atoms with Crippen molar-refractivity contribution in [2.45, 2.75) is 39.2 Å². The van der Waals surface area contributed by atoms with Crippen molar-refractivity contribution in [3.8, 4) is 0 Å². The lowest BCUT2D eigenvalue weighted by atomic mass is 9.91. The van der Waals surface area contributed by atoms with Crippen LogP contribution in [0.4, 0.5) is 0 Å². The van der Waals surface area contributed by atoms with Gasteiger partial charge in [-0.15, -0.1) is 0 Å². The molecule has 1 saturated heterocycles. The van der Waals surface area contributed by atoms with Crippen molar-refractivity contribution in [3.63, 3.8) is 0 Å². The third-order valence-electron chi connectivity index (χ3n) is 2.72. The van der Waals surface area contributed by atoms with Crippen LogP contribution < -0.4 is 0 Å². The average Bonchev–Trinajstić information content (AvgIpc) is 2.16. The summed E-state index contributed by atoms with van der Waals surface area (Å²) in [5, 5.41) is 0. The Bertz CT molecular complexity index is 213. The first kappa shape index (κ1) is 12.5. The monoisotopic (exact) mass is 216 g/mol. The lowest BCUT2D eigenvalue weighted by molar-refractivity contribution is -0.220. The van der Waals surface area contributed by atoms with Gasteiger partial charge in [-0.25, -0.2) is 0 Å². The predicted molar refractivity (Wildman–Crippen MR) is 55.3 cm³/mol. The second-order valence-electron chi connectivity index (χ2n) is 4.37. The molecule has 0 saturated carbocycles. The van der Waals surface area contributed by atoms with Crippen LogP contribution in [0.25, 0.3) is 0 Å². The number of carbonyl (C=O) groups excluding carboxylic acids is 1. The molecule has 1 aliphatic rings. The minimum atomic E-state index is -0.273. The van der Waals surface area contributed by atoms with E-state index in [0.29, 0.717) is 26.4 Å². The average molecular weight is 216 g/mol. The van der Waals surface area contributed by atoms with Crippen molar-refractivity contribution in [3.05, 3.63) is 0 Å². The van der Waals surface area contributed by atoms with Crippen molar-refractivity contribution in [1.82, 2.24) is 0 Å². The molecular weight excluding hydrogens is 196 g/mol. The van der Waals surface area contributed by atoms with Gasteiger partial charge in [-0.3, -0.25) is 4.79 Å². The van der Waals surface area contributed by atoms with Crippen molar-refractivity contribution >= 4 is 5.97 Å². The summed E-state index contributed by atoms with van der Waals surface area (Å²) < 4.78 is 15.8. The smallest absolute Gasteiger partial charge is 0.305 e. The molecule has 1 heterocycles. The van der Waals surface area contributed by atoms with E-state index in [9.17, 15) is 4.79 Å². The Morgan fingerprint density at radius 2 is 2.27 bits per heavy atom. The molecule has 1 atom stereocenters. The zero-order valence-electron chi connectivity index (χ0n) is 9.75. The first-order valence-electron chi connectivity index (χ1n) is 5.43. The van der Waals surface area contributed by atoms with Crippen molar-refractivity contribution in [2.75, 3.05) is 20.0 Å². The Morgan fingerprint density at radius 3 is 2.87 bits per heavy atom. The van der Waals surface area contributed by atoms with Crippen LogP contribution in [0.15, 0.2) is 0 Å². The Labute approximate surface area is 90.9 Å². The molecule has 0 aromatic carbocycles. The summed E-state index contributed by atoms with van der Waals surface area (Å²) in [4.78, 5) is 11.2. The van der Waals surface area contributed by atoms with Crippen LogP contribution in [-0.4, -0.2) is 31.6 Å². The van der Waals surface area contributed by atoms with Crippen LogP contribution in [0.5, 0.6) is 0 Å². The Hall–Kier alpha value is -0.610. The Kier molecular flexibility index (Phi) is 4.54. The van der Waals surface area contributed by atoms with E-state index in [1.165, 1.54) is 0 Å². The molecule has 1 rings (SSSR count). The molecule has 0 unspecified atom stereocenters. The van der Waals surface area contributed by atoms with Gasteiger partial charge in [0.15, 0.2) is 0 Å². The van der Waals surface area contributed by atoms with Crippen LogP contribution in [0.2, 0.25) is 0 Å². The minimum Gasteiger partial charge on any atom is -0.465 e. The van der Waals surface area contributed by atoms with E-state index in [2.05, 4.69) is 0 Å². The third-order valence-corrected chi connectivity index (χ3v) is 2.72. The Balaban J connectivity index is 2.33. The number of ether oxygens (including phenoxy) is 3. The van der Waals surface area contributed by atoms with Crippen LogP contribution in [0.1, 0.15) is 33.6 Å². The quantitative estimate of drug-likeness (QED) is 0.671. The fraction of sp³-hybridized carbons (Fsp3) is 0.909. The highest BCUT2D eigenvalue weighted by atomic mass is 16.7. The van der Waals surface area contributed by atoms with Crippen molar-refractivity contribution in [2.24, 2.45) is 5.92 Å². The van der Waals surface area contributed by atoms with E-state index in [1.807, 2.05) is 20.8 Å². The van der Waals surface area contributed by atoms with Crippen molar-refractivity contribution < 1.29 is 19.0 Å². The van der Waals surface area contributed by atoms with Gasteiger partial charge < -0.3 is 14.2 Å². The fourth-order valence-electron chi connectivity index (χ4n) is 1.42. The minimum absolute atomic E-state index is 0.118. The van der Waals surface area contributed by atoms with E-state index >= 15 is 0 Å². The van der Waals surface area contributed by atoms with Crippen molar-refractivity contribution in [1.29, 1.82) is 0 Å². The van der Waals surface area contributed by atoms with E-state index in [-0.39, 0.29) is 17.5 Å². The van der Waals surface area contributed by atoms with E-state index in [4.69, 9.17) is 14.2 Å². The lowest BCUT2D eigenvalue weighted by Crippen LogP contribution is -2.45. The highest BCUT2D eigenvalue weighted by molar-refractivity contribution is 5.69. The second kappa shape index (κ2) is 5.47.